The van der Waals surface area contributed by atoms with Crippen LogP contribution in [0.2, 0.25) is 5.02 Å². The lowest BCUT2D eigenvalue weighted by Gasteiger charge is -2.11. The Morgan fingerprint density at radius 2 is 2.04 bits per heavy atom. The largest absolute Gasteiger partial charge is 0.495 e. The van der Waals surface area contributed by atoms with Crippen molar-refractivity contribution in [3.8, 4) is 5.75 Å². The number of nitrogens with zero attached hydrogens (tertiary/aromatic N) is 2. The molecule has 25 heavy (non-hydrogen) atoms. The highest BCUT2D eigenvalue weighted by molar-refractivity contribution is 7.92. The van der Waals surface area contributed by atoms with Crippen molar-refractivity contribution in [1.82, 2.24) is 9.38 Å². The van der Waals surface area contributed by atoms with Crippen LogP contribution in [0.15, 0.2) is 34.1 Å². The molecule has 0 bridgehead atoms. The molecule has 10 heteroatoms. The predicted molar refractivity (Wildman–Crippen MR) is 97.6 cm³/mol. The van der Waals surface area contributed by atoms with Crippen LogP contribution in [-0.4, -0.2) is 24.9 Å². The van der Waals surface area contributed by atoms with Gasteiger partial charge in [0.25, 0.3) is 15.6 Å². The normalized spacial score (nSPS) is 11.7. The fraction of sp³-hybridized carbons (Fsp3) is 0.200. The third-order valence-corrected chi connectivity index (χ3v) is 6.15. The van der Waals surface area contributed by atoms with E-state index >= 15 is 0 Å². The van der Waals surface area contributed by atoms with Crippen molar-refractivity contribution in [3.05, 3.63) is 50.3 Å². The molecule has 132 valence electrons. The molecule has 0 aliphatic rings. The lowest BCUT2D eigenvalue weighted by molar-refractivity contribution is 0.415. The van der Waals surface area contributed by atoms with E-state index in [-0.39, 0.29) is 16.4 Å². The second kappa shape index (κ2) is 6.32. The van der Waals surface area contributed by atoms with Crippen LogP contribution >= 0.6 is 22.9 Å². The van der Waals surface area contributed by atoms with Crippen molar-refractivity contribution in [2.75, 3.05) is 11.8 Å². The minimum atomic E-state index is -4.13. The van der Waals surface area contributed by atoms with E-state index in [0.717, 1.165) is 4.88 Å². The summed E-state index contributed by atoms with van der Waals surface area (Å²) in [5.41, 5.74) is -0.283. The van der Waals surface area contributed by atoms with Crippen LogP contribution in [0, 0.1) is 13.8 Å². The summed E-state index contributed by atoms with van der Waals surface area (Å²) in [5.74, 6) is 0.415. The second-order valence-corrected chi connectivity index (χ2v) is 8.52. The molecule has 3 rings (SSSR count). The van der Waals surface area contributed by atoms with Gasteiger partial charge >= 0.3 is 0 Å². The molecular weight excluding hydrogens is 386 g/mol. The Bertz CT molecular complexity index is 1140. The third kappa shape index (κ3) is 3.22. The number of hydrogen-bond acceptors (Lipinski definition) is 6. The van der Waals surface area contributed by atoms with Crippen molar-refractivity contribution >= 4 is 43.6 Å². The maximum absolute atomic E-state index is 12.7. The Labute approximate surface area is 152 Å². The monoisotopic (exact) mass is 399 g/mol. The molecule has 1 N–H and O–H groups in total. The van der Waals surface area contributed by atoms with Crippen LogP contribution in [0.3, 0.4) is 0 Å². The molecule has 0 saturated heterocycles. The Morgan fingerprint density at radius 1 is 1.32 bits per heavy atom. The average molecular weight is 400 g/mol. The summed E-state index contributed by atoms with van der Waals surface area (Å²) in [4.78, 5) is 17.8. The van der Waals surface area contributed by atoms with Crippen molar-refractivity contribution in [2.45, 2.75) is 18.7 Å². The van der Waals surface area contributed by atoms with Gasteiger partial charge in [0.1, 0.15) is 5.75 Å². The van der Waals surface area contributed by atoms with E-state index in [1.807, 2.05) is 6.92 Å². The number of anilines is 1. The number of sulfonamides is 1. The fourth-order valence-corrected chi connectivity index (χ4v) is 4.81. The Balaban J connectivity index is 2.10. The summed E-state index contributed by atoms with van der Waals surface area (Å²) in [6.45, 7) is 3.31. The molecule has 2 aromatic heterocycles. The highest BCUT2D eigenvalue weighted by Crippen LogP contribution is 2.28. The molecule has 1 aromatic carbocycles. The van der Waals surface area contributed by atoms with E-state index in [2.05, 4.69) is 9.71 Å². The molecule has 2 heterocycles. The summed E-state index contributed by atoms with van der Waals surface area (Å²) < 4.78 is 34.1. The topological polar surface area (TPSA) is 89.8 Å². The van der Waals surface area contributed by atoms with Crippen LogP contribution in [-0.2, 0) is 10.0 Å². The zero-order chi connectivity index (χ0) is 18.4. The summed E-state index contributed by atoms with van der Waals surface area (Å²) in [7, 11) is -2.68. The molecule has 0 aliphatic heterocycles. The lowest BCUT2D eigenvalue weighted by Crippen LogP contribution is -2.27. The first kappa shape index (κ1) is 17.7. The molecule has 0 saturated carbocycles. The summed E-state index contributed by atoms with van der Waals surface area (Å²) in [6.07, 6.45) is 1.57. The number of benzene rings is 1. The minimum Gasteiger partial charge on any atom is -0.495 e. The summed E-state index contributed by atoms with van der Waals surface area (Å²) >= 11 is 7.33. The van der Waals surface area contributed by atoms with Crippen LogP contribution in [0.5, 0.6) is 5.75 Å². The van der Waals surface area contributed by atoms with E-state index in [1.165, 1.54) is 48.0 Å². The molecule has 3 aromatic rings. The highest BCUT2D eigenvalue weighted by Gasteiger charge is 2.25. The number of halogens is 1. The number of aromatic nitrogens is 2. The van der Waals surface area contributed by atoms with E-state index < -0.39 is 20.5 Å². The number of aryl methyl sites for hydroxylation is 2. The first-order valence-electron chi connectivity index (χ1n) is 7.08. The van der Waals surface area contributed by atoms with Crippen molar-refractivity contribution in [2.24, 2.45) is 0 Å². The predicted octanol–water partition coefficient (Wildman–Crippen LogP) is 2.84. The minimum absolute atomic E-state index is 0.138. The molecular formula is C15H14ClN3O4S2. The summed E-state index contributed by atoms with van der Waals surface area (Å²) in [5, 5.41) is 0.248. The van der Waals surface area contributed by atoms with Crippen LogP contribution in [0.1, 0.15) is 10.6 Å². The molecule has 0 spiro atoms. The van der Waals surface area contributed by atoms with E-state index in [1.54, 1.807) is 6.20 Å². The second-order valence-electron chi connectivity index (χ2n) is 5.28. The molecule has 0 aliphatic carbocycles. The van der Waals surface area contributed by atoms with E-state index in [4.69, 9.17) is 16.3 Å². The van der Waals surface area contributed by atoms with Gasteiger partial charge in [0.15, 0.2) is 9.86 Å². The van der Waals surface area contributed by atoms with Gasteiger partial charge in [0.2, 0.25) is 0 Å². The van der Waals surface area contributed by atoms with Crippen molar-refractivity contribution < 1.29 is 13.2 Å². The molecule has 0 amide bonds. The number of ether oxygens (including phenoxy) is 1. The molecule has 0 fully saturated rings. The molecule has 7 nitrogen and oxygen atoms in total. The van der Waals surface area contributed by atoms with E-state index in [9.17, 15) is 13.2 Å². The van der Waals surface area contributed by atoms with Gasteiger partial charge in [-0.2, -0.15) is 0 Å². The van der Waals surface area contributed by atoms with Crippen molar-refractivity contribution in [1.29, 1.82) is 0 Å². The van der Waals surface area contributed by atoms with Gasteiger partial charge in [-0.15, -0.1) is 11.3 Å². The van der Waals surface area contributed by atoms with Gasteiger partial charge in [-0.3, -0.25) is 13.9 Å². The number of methoxy groups -OCH3 is 1. The highest BCUT2D eigenvalue weighted by atomic mass is 35.5. The van der Waals surface area contributed by atoms with Crippen molar-refractivity contribution in [3.63, 3.8) is 0 Å². The maximum Gasteiger partial charge on any atom is 0.279 e. The Kier molecular flexibility index (Phi) is 4.48. The van der Waals surface area contributed by atoms with Gasteiger partial charge < -0.3 is 4.74 Å². The maximum atomic E-state index is 12.7. The number of rotatable bonds is 4. The van der Waals surface area contributed by atoms with Gasteiger partial charge in [-0.25, -0.2) is 13.4 Å². The average Bonchev–Trinajstić information content (AvgIpc) is 2.87. The van der Waals surface area contributed by atoms with Gasteiger partial charge in [0.05, 0.1) is 23.5 Å². The van der Waals surface area contributed by atoms with Gasteiger partial charge in [-0.05, 0) is 32.0 Å². The fourth-order valence-electron chi connectivity index (χ4n) is 2.38. The Hall–Kier alpha value is -2.10. The summed E-state index contributed by atoms with van der Waals surface area (Å²) in [6, 6.07) is 4.44. The zero-order valence-corrected chi connectivity index (χ0v) is 15.9. The van der Waals surface area contributed by atoms with Gasteiger partial charge in [-0.1, -0.05) is 11.6 Å². The standard InChI is InChI=1S/C15H14ClN3O4S2/c1-8-7-19-14(20)13(9(2)17-15(19)24-8)25(21,22)18-10-4-5-12(23-3)11(16)6-10/h4-7,18H,1-3H3. The molecule has 0 unspecified atom stereocenters. The Morgan fingerprint density at radius 3 is 2.68 bits per heavy atom. The zero-order valence-electron chi connectivity index (χ0n) is 13.5. The molecule has 0 atom stereocenters. The van der Waals surface area contributed by atoms with Gasteiger partial charge in [0, 0.05) is 11.1 Å². The molecule has 0 radical (unpaired) electrons. The number of thiazole rings is 1. The smallest absolute Gasteiger partial charge is 0.279 e. The van der Waals surface area contributed by atoms with Crippen LogP contribution in [0.4, 0.5) is 5.69 Å². The number of nitrogens with one attached hydrogen (secondary N) is 1. The van der Waals surface area contributed by atoms with Crippen LogP contribution in [0.25, 0.3) is 4.96 Å². The SMILES string of the molecule is COc1ccc(NS(=O)(=O)c2c(C)nc3sc(C)cn3c2=O)cc1Cl. The van der Waals surface area contributed by atoms with Crippen LogP contribution < -0.4 is 15.0 Å². The number of fused-ring (bicyclic) bond motifs is 1. The first-order valence-corrected chi connectivity index (χ1v) is 9.76. The number of hydrogen-bond donors (Lipinski definition) is 1. The first-order chi connectivity index (χ1) is 11.7. The third-order valence-electron chi connectivity index (χ3n) is 3.45. The van der Waals surface area contributed by atoms with E-state index in [0.29, 0.717) is 10.7 Å². The lowest BCUT2D eigenvalue weighted by atomic mass is 10.3. The quantitative estimate of drug-likeness (QED) is 0.728.